The van der Waals surface area contributed by atoms with Crippen molar-refractivity contribution in [2.45, 2.75) is 24.8 Å². The van der Waals surface area contributed by atoms with Crippen LogP contribution in [0.5, 0.6) is 0 Å². The first-order valence-corrected chi connectivity index (χ1v) is 7.33. The molecule has 0 spiro atoms. The van der Waals surface area contributed by atoms with E-state index in [9.17, 15) is 4.79 Å². The van der Waals surface area contributed by atoms with Crippen LogP contribution < -0.4 is 5.73 Å². The molecular weight excluding hydrogens is 250 g/mol. The molecule has 1 unspecified atom stereocenters. The Labute approximate surface area is 121 Å². The molecule has 4 nitrogen and oxygen atoms in total. The number of nitrogens with two attached hydrogens (primary N) is 1. The van der Waals surface area contributed by atoms with Gasteiger partial charge in [-0.2, -0.15) is 0 Å². The Morgan fingerprint density at radius 2 is 1.90 bits per heavy atom. The molecule has 2 N–H and O–H groups in total. The zero-order valence-corrected chi connectivity index (χ0v) is 12.5. The summed E-state index contributed by atoms with van der Waals surface area (Å²) in [4.78, 5) is 16.9. The van der Waals surface area contributed by atoms with Crippen molar-refractivity contribution in [1.82, 2.24) is 9.80 Å². The van der Waals surface area contributed by atoms with Crippen LogP contribution in [0.25, 0.3) is 0 Å². The Balaban J connectivity index is 2.00. The Kier molecular flexibility index (Phi) is 5.15. The van der Waals surface area contributed by atoms with Crippen LogP contribution in [0, 0.1) is 0 Å². The summed E-state index contributed by atoms with van der Waals surface area (Å²) in [6.07, 6.45) is 2.09. The number of likely N-dealkylation sites (tertiary alicyclic amines) is 1. The van der Waals surface area contributed by atoms with Gasteiger partial charge in [-0.05, 0) is 32.5 Å². The number of carbonyl (C=O) groups is 1. The molecule has 1 amide bonds. The van der Waals surface area contributed by atoms with Crippen LogP contribution in [-0.4, -0.2) is 55.5 Å². The molecule has 0 radical (unpaired) electrons. The van der Waals surface area contributed by atoms with E-state index in [1.54, 1.807) is 0 Å². The number of hydrogen-bond donors (Lipinski definition) is 1. The SMILES string of the molecule is CN(C)C1CCN(C(=O)C(CN)c2ccccc2)CC1. The van der Waals surface area contributed by atoms with Crippen molar-refractivity contribution in [2.75, 3.05) is 33.7 Å². The lowest BCUT2D eigenvalue weighted by atomic mass is 9.95. The van der Waals surface area contributed by atoms with Crippen molar-refractivity contribution >= 4 is 5.91 Å². The number of piperidine rings is 1. The molecule has 0 bridgehead atoms. The molecular formula is C16H25N3O. The largest absolute Gasteiger partial charge is 0.342 e. The van der Waals surface area contributed by atoms with Gasteiger partial charge in [0.1, 0.15) is 0 Å². The third-order valence-electron chi connectivity index (χ3n) is 4.24. The third-order valence-corrected chi connectivity index (χ3v) is 4.24. The molecule has 1 heterocycles. The normalized spacial score (nSPS) is 18.3. The number of amides is 1. The Morgan fingerprint density at radius 3 is 2.40 bits per heavy atom. The molecule has 0 aromatic heterocycles. The summed E-state index contributed by atoms with van der Waals surface area (Å²) >= 11 is 0. The van der Waals surface area contributed by atoms with Crippen molar-refractivity contribution in [1.29, 1.82) is 0 Å². The van der Waals surface area contributed by atoms with E-state index in [-0.39, 0.29) is 11.8 Å². The fourth-order valence-electron chi connectivity index (χ4n) is 2.89. The van der Waals surface area contributed by atoms with Crippen LogP contribution in [0.3, 0.4) is 0 Å². The lowest BCUT2D eigenvalue weighted by Crippen LogP contribution is -2.46. The molecule has 1 aromatic carbocycles. The van der Waals surface area contributed by atoms with E-state index in [4.69, 9.17) is 5.73 Å². The highest BCUT2D eigenvalue weighted by Gasteiger charge is 2.28. The molecule has 2 rings (SSSR count). The summed E-state index contributed by atoms with van der Waals surface area (Å²) in [6.45, 7) is 2.05. The maximum Gasteiger partial charge on any atom is 0.231 e. The zero-order valence-electron chi connectivity index (χ0n) is 12.5. The first kappa shape index (κ1) is 15.0. The van der Waals surface area contributed by atoms with Gasteiger partial charge >= 0.3 is 0 Å². The monoisotopic (exact) mass is 275 g/mol. The van der Waals surface area contributed by atoms with Gasteiger partial charge < -0.3 is 15.5 Å². The lowest BCUT2D eigenvalue weighted by Gasteiger charge is -2.36. The van der Waals surface area contributed by atoms with Gasteiger partial charge in [0.15, 0.2) is 0 Å². The molecule has 1 aliphatic rings. The van der Waals surface area contributed by atoms with E-state index >= 15 is 0 Å². The fraction of sp³-hybridized carbons (Fsp3) is 0.562. The fourth-order valence-corrected chi connectivity index (χ4v) is 2.89. The minimum atomic E-state index is -0.202. The lowest BCUT2D eigenvalue weighted by molar-refractivity contribution is -0.134. The van der Waals surface area contributed by atoms with Gasteiger partial charge in [-0.15, -0.1) is 0 Å². The molecule has 0 aliphatic carbocycles. The van der Waals surface area contributed by atoms with Gasteiger partial charge in [0.05, 0.1) is 5.92 Å². The van der Waals surface area contributed by atoms with Gasteiger partial charge in [-0.1, -0.05) is 30.3 Å². The van der Waals surface area contributed by atoms with Gasteiger partial charge in [-0.3, -0.25) is 4.79 Å². The van der Waals surface area contributed by atoms with Crippen molar-refractivity contribution < 1.29 is 4.79 Å². The Hall–Kier alpha value is -1.39. The van der Waals surface area contributed by atoms with Crippen molar-refractivity contribution in [2.24, 2.45) is 5.73 Å². The first-order chi connectivity index (χ1) is 9.63. The number of nitrogens with zero attached hydrogens (tertiary/aromatic N) is 2. The quantitative estimate of drug-likeness (QED) is 0.900. The van der Waals surface area contributed by atoms with E-state index in [2.05, 4.69) is 19.0 Å². The highest BCUT2D eigenvalue weighted by atomic mass is 16.2. The maximum atomic E-state index is 12.6. The van der Waals surface area contributed by atoms with Crippen LogP contribution in [0.2, 0.25) is 0 Å². The highest BCUT2D eigenvalue weighted by Crippen LogP contribution is 2.21. The second-order valence-corrected chi connectivity index (χ2v) is 5.72. The predicted molar refractivity (Wildman–Crippen MR) is 81.5 cm³/mol. The Morgan fingerprint density at radius 1 is 1.30 bits per heavy atom. The average molecular weight is 275 g/mol. The molecule has 110 valence electrons. The van der Waals surface area contributed by atoms with Gasteiger partial charge in [0.25, 0.3) is 0 Å². The van der Waals surface area contributed by atoms with Gasteiger partial charge in [0.2, 0.25) is 5.91 Å². The van der Waals surface area contributed by atoms with Crippen LogP contribution in [0.15, 0.2) is 30.3 Å². The average Bonchev–Trinajstić information content (AvgIpc) is 2.49. The molecule has 1 fully saturated rings. The number of carbonyl (C=O) groups excluding carboxylic acids is 1. The van der Waals surface area contributed by atoms with E-state index < -0.39 is 0 Å². The molecule has 4 heteroatoms. The molecule has 1 saturated heterocycles. The predicted octanol–water partition coefficient (Wildman–Crippen LogP) is 1.28. The molecule has 1 aliphatic heterocycles. The number of rotatable bonds is 4. The second kappa shape index (κ2) is 6.86. The van der Waals surface area contributed by atoms with E-state index in [0.29, 0.717) is 12.6 Å². The van der Waals surface area contributed by atoms with Crippen molar-refractivity contribution in [3.8, 4) is 0 Å². The van der Waals surface area contributed by atoms with Crippen LogP contribution in [0.1, 0.15) is 24.3 Å². The summed E-state index contributed by atoms with van der Waals surface area (Å²) in [5.74, 6) is -0.0250. The number of benzene rings is 1. The van der Waals surface area contributed by atoms with E-state index in [0.717, 1.165) is 31.5 Å². The van der Waals surface area contributed by atoms with E-state index in [1.165, 1.54) is 0 Å². The summed E-state index contributed by atoms with van der Waals surface area (Å²) in [5.41, 5.74) is 6.86. The summed E-state index contributed by atoms with van der Waals surface area (Å²) in [7, 11) is 4.21. The maximum absolute atomic E-state index is 12.6. The molecule has 1 aromatic rings. The summed E-state index contributed by atoms with van der Waals surface area (Å²) < 4.78 is 0. The molecule has 0 saturated carbocycles. The highest BCUT2D eigenvalue weighted by molar-refractivity contribution is 5.84. The molecule has 20 heavy (non-hydrogen) atoms. The van der Waals surface area contributed by atoms with E-state index in [1.807, 2.05) is 35.2 Å². The zero-order chi connectivity index (χ0) is 14.5. The molecule has 1 atom stereocenters. The third kappa shape index (κ3) is 3.38. The van der Waals surface area contributed by atoms with Crippen molar-refractivity contribution in [3.63, 3.8) is 0 Å². The second-order valence-electron chi connectivity index (χ2n) is 5.72. The van der Waals surface area contributed by atoms with Crippen LogP contribution in [0.4, 0.5) is 0 Å². The Bertz CT molecular complexity index is 425. The summed E-state index contributed by atoms with van der Waals surface area (Å²) in [5, 5.41) is 0. The standard InChI is InChI=1S/C16H25N3O/c1-18(2)14-8-10-19(11-9-14)16(20)15(12-17)13-6-4-3-5-7-13/h3-7,14-15H,8-12,17H2,1-2H3. The van der Waals surface area contributed by atoms with Gasteiger partial charge in [0, 0.05) is 25.7 Å². The summed E-state index contributed by atoms with van der Waals surface area (Å²) in [6, 6.07) is 10.5. The van der Waals surface area contributed by atoms with Gasteiger partial charge in [-0.25, -0.2) is 0 Å². The minimum Gasteiger partial charge on any atom is -0.342 e. The number of hydrogen-bond acceptors (Lipinski definition) is 3. The van der Waals surface area contributed by atoms with Crippen LogP contribution in [-0.2, 0) is 4.79 Å². The smallest absolute Gasteiger partial charge is 0.231 e. The topological polar surface area (TPSA) is 49.6 Å². The minimum absolute atomic E-state index is 0.177. The van der Waals surface area contributed by atoms with Crippen LogP contribution >= 0.6 is 0 Å². The first-order valence-electron chi connectivity index (χ1n) is 7.33. The van der Waals surface area contributed by atoms with Crippen molar-refractivity contribution in [3.05, 3.63) is 35.9 Å².